The summed E-state index contributed by atoms with van der Waals surface area (Å²) in [5.74, 6) is 2.19. The Bertz CT molecular complexity index is 855. The molecule has 1 N–H and O–H groups in total. The van der Waals surface area contributed by atoms with Gasteiger partial charge in [0.1, 0.15) is 11.9 Å². The molecule has 0 fully saturated rings. The smallest absolute Gasteiger partial charge is 0.251 e. The third-order valence-electron chi connectivity index (χ3n) is 5.35. The van der Waals surface area contributed by atoms with Gasteiger partial charge in [0.05, 0.1) is 0 Å². The Balaban J connectivity index is 1.34. The zero-order chi connectivity index (χ0) is 20.1. The Morgan fingerprint density at radius 1 is 1.14 bits per heavy atom. The van der Waals surface area contributed by atoms with Crippen LogP contribution >= 0.6 is 0 Å². The van der Waals surface area contributed by atoms with E-state index in [1.165, 1.54) is 5.56 Å². The van der Waals surface area contributed by atoms with Gasteiger partial charge in [0.15, 0.2) is 11.5 Å². The van der Waals surface area contributed by atoms with E-state index >= 15 is 0 Å². The van der Waals surface area contributed by atoms with Crippen LogP contribution < -0.4 is 19.5 Å². The molecule has 1 atom stereocenters. The highest BCUT2D eigenvalue weighted by molar-refractivity contribution is 5.94. The lowest BCUT2D eigenvalue weighted by atomic mass is 10.1. The highest BCUT2D eigenvalue weighted by atomic mass is 16.7. The number of nitrogens with zero attached hydrogens (tertiary/aromatic N) is 1. The van der Waals surface area contributed by atoms with Crippen molar-refractivity contribution in [2.24, 2.45) is 0 Å². The lowest BCUT2D eigenvalue weighted by molar-refractivity contribution is 0.0941. The van der Waals surface area contributed by atoms with Gasteiger partial charge in [0.2, 0.25) is 6.79 Å². The number of unbranched alkanes of at least 4 members (excludes halogenated alkanes) is 1. The molecule has 6 nitrogen and oxygen atoms in total. The summed E-state index contributed by atoms with van der Waals surface area (Å²) in [5, 5.41) is 3.02. The molecule has 0 radical (unpaired) electrons. The molecule has 4 rings (SSSR count). The minimum absolute atomic E-state index is 0.0997. The number of carbonyl (C=O) groups is 1. The minimum atomic E-state index is -0.0997. The SMILES string of the molecule is CCCC[C@@H]1CN(CCNC(=O)c2ccc3c(c2)OCO3)Cc2ccccc2O1. The summed E-state index contributed by atoms with van der Waals surface area (Å²) in [6, 6.07) is 13.5. The first-order valence-electron chi connectivity index (χ1n) is 10.4. The summed E-state index contributed by atoms with van der Waals surface area (Å²) in [4.78, 5) is 14.9. The van der Waals surface area contributed by atoms with E-state index in [-0.39, 0.29) is 18.8 Å². The van der Waals surface area contributed by atoms with Crippen LogP contribution in [0.25, 0.3) is 0 Å². The average Bonchev–Trinajstić information content (AvgIpc) is 3.13. The van der Waals surface area contributed by atoms with E-state index in [1.807, 2.05) is 12.1 Å². The molecule has 0 aromatic heterocycles. The van der Waals surface area contributed by atoms with Gasteiger partial charge in [-0.05, 0) is 37.1 Å². The predicted molar refractivity (Wildman–Crippen MR) is 111 cm³/mol. The summed E-state index contributed by atoms with van der Waals surface area (Å²) in [5.41, 5.74) is 1.79. The topological polar surface area (TPSA) is 60.0 Å². The lowest BCUT2D eigenvalue weighted by Crippen LogP contribution is -2.38. The van der Waals surface area contributed by atoms with E-state index in [2.05, 4.69) is 29.3 Å². The number of para-hydroxylation sites is 1. The standard InChI is InChI=1S/C23H28N2O4/c1-2-3-7-19-15-25(14-18-6-4-5-8-20(18)29-19)12-11-24-23(26)17-9-10-21-22(13-17)28-16-27-21/h4-6,8-10,13,19H,2-3,7,11-12,14-16H2,1H3,(H,24,26)/t19-/m1/s1. The number of amides is 1. The van der Waals surface area contributed by atoms with Gasteiger partial charge in [-0.25, -0.2) is 0 Å². The average molecular weight is 396 g/mol. The fraction of sp³-hybridized carbons (Fsp3) is 0.435. The molecule has 154 valence electrons. The molecule has 2 aliphatic rings. The maximum Gasteiger partial charge on any atom is 0.251 e. The van der Waals surface area contributed by atoms with E-state index in [1.54, 1.807) is 18.2 Å². The summed E-state index contributed by atoms with van der Waals surface area (Å²) in [6.07, 6.45) is 3.54. The fourth-order valence-electron chi connectivity index (χ4n) is 3.78. The molecule has 2 aromatic rings. The van der Waals surface area contributed by atoms with Crippen LogP contribution in [0.15, 0.2) is 42.5 Å². The second-order valence-electron chi connectivity index (χ2n) is 7.55. The molecular formula is C23H28N2O4. The first kappa shape index (κ1) is 19.6. The predicted octanol–water partition coefficient (Wildman–Crippen LogP) is 3.60. The normalized spacial score (nSPS) is 17.9. The number of ether oxygens (including phenoxy) is 3. The highest BCUT2D eigenvalue weighted by Crippen LogP contribution is 2.32. The maximum atomic E-state index is 12.5. The molecule has 0 saturated carbocycles. The lowest BCUT2D eigenvalue weighted by Gasteiger charge is -2.24. The van der Waals surface area contributed by atoms with Crippen LogP contribution in [-0.2, 0) is 6.54 Å². The summed E-state index contributed by atoms with van der Waals surface area (Å²) >= 11 is 0. The second kappa shape index (κ2) is 9.18. The quantitative estimate of drug-likeness (QED) is 0.775. The van der Waals surface area contributed by atoms with E-state index in [4.69, 9.17) is 14.2 Å². The van der Waals surface area contributed by atoms with Gasteiger partial charge in [-0.1, -0.05) is 31.5 Å². The van der Waals surface area contributed by atoms with Crippen molar-refractivity contribution in [2.45, 2.75) is 38.8 Å². The minimum Gasteiger partial charge on any atom is -0.489 e. The van der Waals surface area contributed by atoms with Crippen LogP contribution in [0.1, 0.15) is 42.1 Å². The largest absolute Gasteiger partial charge is 0.489 e. The first-order valence-corrected chi connectivity index (χ1v) is 10.4. The van der Waals surface area contributed by atoms with Crippen LogP contribution in [0.3, 0.4) is 0 Å². The van der Waals surface area contributed by atoms with Crippen molar-refractivity contribution in [2.75, 3.05) is 26.4 Å². The maximum absolute atomic E-state index is 12.5. The van der Waals surface area contributed by atoms with E-state index < -0.39 is 0 Å². The van der Waals surface area contributed by atoms with Crippen molar-refractivity contribution < 1.29 is 19.0 Å². The molecule has 0 spiro atoms. The molecule has 2 aliphatic heterocycles. The van der Waals surface area contributed by atoms with E-state index in [0.717, 1.165) is 44.6 Å². The molecule has 2 heterocycles. The molecule has 2 aromatic carbocycles. The Morgan fingerprint density at radius 3 is 2.90 bits per heavy atom. The summed E-state index contributed by atoms with van der Waals surface area (Å²) in [6.45, 7) is 5.46. The third-order valence-corrected chi connectivity index (χ3v) is 5.35. The number of fused-ring (bicyclic) bond motifs is 2. The highest BCUT2D eigenvalue weighted by Gasteiger charge is 2.22. The molecule has 0 bridgehead atoms. The fourth-order valence-corrected chi connectivity index (χ4v) is 3.78. The van der Waals surface area contributed by atoms with Gasteiger partial charge in [0.25, 0.3) is 5.91 Å². The number of nitrogens with one attached hydrogen (secondary N) is 1. The number of rotatable bonds is 7. The third kappa shape index (κ3) is 4.82. The Kier molecular flexibility index (Phi) is 6.20. The molecule has 6 heteroatoms. The zero-order valence-corrected chi connectivity index (χ0v) is 16.9. The Labute approximate surface area is 171 Å². The van der Waals surface area contributed by atoms with Crippen molar-refractivity contribution in [3.05, 3.63) is 53.6 Å². The first-order chi connectivity index (χ1) is 14.2. The van der Waals surface area contributed by atoms with Crippen molar-refractivity contribution in [3.63, 3.8) is 0 Å². The van der Waals surface area contributed by atoms with Crippen LogP contribution in [0.2, 0.25) is 0 Å². The number of hydrogen-bond donors (Lipinski definition) is 1. The van der Waals surface area contributed by atoms with Crippen LogP contribution in [-0.4, -0.2) is 43.3 Å². The van der Waals surface area contributed by atoms with Crippen molar-refractivity contribution in [1.29, 1.82) is 0 Å². The van der Waals surface area contributed by atoms with E-state index in [0.29, 0.717) is 23.6 Å². The number of carbonyl (C=O) groups excluding carboxylic acids is 1. The summed E-state index contributed by atoms with van der Waals surface area (Å²) in [7, 11) is 0. The molecule has 0 aliphatic carbocycles. The van der Waals surface area contributed by atoms with Crippen LogP contribution in [0.5, 0.6) is 17.2 Å². The molecule has 0 saturated heterocycles. The molecule has 0 unspecified atom stereocenters. The van der Waals surface area contributed by atoms with Crippen molar-refractivity contribution in [3.8, 4) is 17.2 Å². The monoisotopic (exact) mass is 396 g/mol. The van der Waals surface area contributed by atoms with E-state index in [9.17, 15) is 4.79 Å². The van der Waals surface area contributed by atoms with Crippen LogP contribution in [0.4, 0.5) is 0 Å². The molecule has 29 heavy (non-hydrogen) atoms. The molecular weight excluding hydrogens is 368 g/mol. The Morgan fingerprint density at radius 2 is 2.00 bits per heavy atom. The van der Waals surface area contributed by atoms with Gasteiger partial charge in [-0.2, -0.15) is 0 Å². The van der Waals surface area contributed by atoms with Crippen molar-refractivity contribution in [1.82, 2.24) is 10.2 Å². The van der Waals surface area contributed by atoms with Crippen molar-refractivity contribution >= 4 is 5.91 Å². The second-order valence-corrected chi connectivity index (χ2v) is 7.55. The molecule has 1 amide bonds. The summed E-state index contributed by atoms with van der Waals surface area (Å²) < 4.78 is 16.9. The Hall–Kier alpha value is -2.73. The van der Waals surface area contributed by atoms with Crippen LogP contribution in [0, 0.1) is 0 Å². The van der Waals surface area contributed by atoms with Gasteiger partial charge in [-0.3, -0.25) is 9.69 Å². The zero-order valence-electron chi connectivity index (χ0n) is 16.9. The number of hydrogen-bond acceptors (Lipinski definition) is 5. The van der Waals surface area contributed by atoms with Gasteiger partial charge in [-0.15, -0.1) is 0 Å². The number of benzene rings is 2. The van der Waals surface area contributed by atoms with Gasteiger partial charge < -0.3 is 19.5 Å². The van der Waals surface area contributed by atoms with Gasteiger partial charge >= 0.3 is 0 Å². The van der Waals surface area contributed by atoms with Gasteiger partial charge in [0, 0.05) is 37.3 Å².